The standard InChI is InChI=1S/C12H19NO2/c1-12(2,9-14)8-13-7-10-5-3-4-6-11(10)15/h3-6,13-15H,7-9H2,1-2H3. The molecule has 0 saturated carbocycles. The van der Waals surface area contributed by atoms with Gasteiger partial charge >= 0.3 is 0 Å². The van der Waals surface area contributed by atoms with E-state index in [4.69, 9.17) is 5.11 Å². The van der Waals surface area contributed by atoms with Crippen molar-refractivity contribution in [3.8, 4) is 5.75 Å². The molecule has 1 aromatic carbocycles. The molecule has 0 aliphatic rings. The minimum atomic E-state index is -0.121. The predicted octanol–water partition coefficient (Wildman–Crippen LogP) is 1.50. The quantitative estimate of drug-likeness (QED) is 0.689. The van der Waals surface area contributed by atoms with Crippen LogP contribution in [0.5, 0.6) is 5.75 Å². The molecule has 3 N–H and O–H groups in total. The van der Waals surface area contributed by atoms with E-state index in [0.29, 0.717) is 12.3 Å². The number of hydrogen-bond donors (Lipinski definition) is 3. The lowest BCUT2D eigenvalue weighted by atomic mass is 9.95. The summed E-state index contributed by atoms with van der Waals surface area (Å²) in [7, 11) is 0. The summed E-state index contributed by atoms with van der Waals surface area (Å²) < 4.78 is 0. The van der Waals surface area contributed by atoms with Gasteiger partial charge in [-0.1, -0.05) is 32.0 Å². The highest BCUT2D eigenvalue weighted by atomic mass is 16.3. The van der Waals surface area contributed by atoms with Crippen LogP contribution in [-0.2, 0) is 6.54 Å². The molecule has 0 fully saturated rings. The first-order valence-electron chi connectivity index (χ1n) is 5.13. The molecule has 0 bridgehead atoms. The SMILES string of the molecule is CC(C)(CO)CNCc1ccccc1O. The third-order valence-electron chi connectivity index (χ3n) is 2.34. The first-order chi connectivity index (χ1) is 7.05. The van der Waals surface area contributed by atoms with E-state index in [2.05, 4.69) is 5.32 Å². The molecule has 0 radical (unpaired) electrons. The monoisotopic (exact) mass is 209 g/mol. The molecule has 1 rings (SSSR count). The Kier molecular flexibility index (Phi) is 4.12. The number of aliphatic hydroxyl groups is 1. The number of nitrogens with one attached hydrogen (secondary N) is 1. The Morgan fingerprint density at radius 2 is 1.93 bits per heavy atom. The normalized spacial score (nSPS) is 11.7. The Morgan fingerprint density at radius 1 is 1.27 bits per heavy atom. The van der Waals surface area contributed by atoms with Crippen molar-refractivity contribution in [2.45, 2.75) is 20.4 Å². The molecule has 0 aliphatic carbocycles. The molecule has 0 unspecified atom stereocenters. The van der Waals surface area contributed by atoms with Gasteiger partial charge in [-0.2, -0.15) is 0 Å². The van der Waals surface area contributed by atoms with Gasteiger partial charge in [0.1, 0.15) is 5.75 Å². The molecule has 0 aliphatic heterocycles. The topological polar surface area (TPSA) is 52.5 Å². The van der Waals surface area contributed by atoms with E-state index < -0.39 is 0 Å². The summed E-state index contributed by atoms with van der Waals surface area (Å²) in [5, 5.41) is 21.8. The van der Waals surface area contributed by atoms with Crippen molar-refractivity contribution in [1.29, 1.82) is 0 Å². The van der Waals surface area contributed by atoms with Gasteiger partial charge in [-0.05, 0) is 6.07 Å². The minimum Gasteiger partial charge on any atom is -0.508 e. The zero-order valence-corrected chi connectivity index (χ0v) is 9.33. The second kappa shape index (κ2) is 5.14. The molecule has 0 aromatic heterocycles. The van der Waals surface area contributed by atoms with E-state index in [-0.39, 0.29) is 12.0 Å². The van der Waals surface area contributed by atoms with E-state index in [0.717, 1.165) is 12.1 Å². The Balaban J connectivity index is 2.42. The van der Waals surface area contributed by atoms with Gasteiger partial charge in [0.2, 0.25) is 0 Å². The summed E-state index contributed by atoms with van der Waals surface area (Å²) in [6.45, 7) is 5.48. The van der Waals surface area contributed by atoms with Gasteiger partial charge in [-0.3, -0.25) is 0 Å². The molecule has 0 spiro atoms. The van der Waals surface area contributed by atoms with Crippen LogP contribution in [0.1, 0.15) is 19.4 Å². The fourth-order valence-corrected chi connectivity index (χ4v) is 1.25. The second-order valence-corrected chi connectivity index (χ2v) is 4.55. The average molecular weight is 209 g/mol. The molecule has 0 saturated heterocycles. The van der Waals surface area contributed by atoms with Crippen molar-refractivity contribution in [2.24, 2.45) is 5.41 Å². The number of phenols is 1. The predicted molar refractivity (Wildman–Crippen MR) is 60.7 cm³/mol. The van der Waals surface area contributed by atoms with Crippen molar-refractivity contribution < 1.29 is 10.2 Å². The Labute approximate surface area is 90.8 Å². The smallest absolute Gasteiger partial charge is 0.120 e. The summed E-state index contributed by atoms with van der Waals surface area (Å²) >= 11 is 0. The molecule has 0 heterocycles. The lowest BCUT2D eigenvalue weighted by molar-refractivity contribution is 0.156. The average Bonchev–Trinajstić information content (AvgIpc) is 2.21. The fourth-order valence-electron chi connectivity index (χ4n) is 1.25. The van der Waals surface area contributed by atoms with Crippen LogP contribution in [-0.4, -0.2) is 23.4 Å². The molecule has 3 heteroatoms. The number of hydrogen-bond acceptors (Lipinski definition) is 3. The summed E-state index contributed by atoms with van der Waals surface area (Å²) in [5.74, 6) is 0.312. The van der Waals surface area contributed by atoms with Crippen molar-refractivity contribution in [3.05, 3.63) is 29.8 Å². The maximum Gasteiger partial charge on any atom is 0.120 e. The zero-order chi connectivity index (χ0) is 11.3. The first kappa shape index (κ1) is 12.0. The molecular weight excluding hydrogens is 190 g/mol. The van der Waals surface area contributed by atoms with Gasteiger partial charge in [-0.25, -0.2) is 0 Å². The van der Waals surface area contributed by atoms with Crippen LogP contribution in [0, 0.1) is 5.41 Å². The van der Waals surface area contributed by atoms with Crippen LogP contribution in [0.25, 0.3) is 0 Å². The highest BCUT2D eigenvalue weighted by Crippen LogP contribution is 2.16. The molecule has 1 aromatic rings. The molecule has 0 amide bonds. The highest BCUT2D eigenvalue weighted by Gasteiger charge is 2.15. The van der Waals surface area contributed by atoms with Gasteiger partial charge in [0.05, 0.1) is 0 Å². The zero-order valence-electron chi connectivity index (χ0n) is 9.33. The molecule has 3 nitrogen and oxygen atoms in total. The van der Waals surface area contributed by atoms with E-state index in [9.17, 15) is 5.11 Å². The Morgan fingerprint density at radius 3 is 2.53 bits per heavy atom. The fraction of sp³-hybridized carbons (Fsp3) is 0.500. The summed E-state index contributed by atoms with van der Waals surface area (Å²) in [6, 6.07) is 7.26. The van der Waals surface area contributed by atoms with Crippen LogP contribution < -0.4 is 5.32 Å². The largest absolute Gasteiger partial charge is 0.508 e. The number of rotatable bonds is 5. The summed E-state index contributed by atoms with van der Waals surface area (Å²) in [5.41, 5.74) is 0.760. The number of para-hydroxylation sites is 1. The third-order valence-corrected chi connectivity index (χ3v) is 2.34. The van der Waals surface area contributed by atoms with Crippen molar-refractivity contribution in [2.75, 3.05) is 13.2 Å². The second-order valence-electron chi connectivity index (χ2n) is 4.55. The van der Waals surface area contributed by atoms with Crippen LogP contribution >= 0.6 is 0 Å². The van der Waals surface area contributed by atoms with E-state index >= 15 is 0 Å². The molecule has 0 atom stereocenters. The summed E-state index contributed by atoms with van der Waals surface area (Å²) in [4.78, 5) is 0. The number of aliphatic hydroxyl groups excluding tert-OH is 1. The van der Waals surface area contributed by atoms with Crippen LogP contribution in [0.3, 0.4) is 0 Å². The van der Waals surface area contributed by atoms with E-state index in [1.807, 2.05) is 26.0 Å². The lowest BCUT2D eigenvalue weighted by Gasteiger charge is -2.22. The maximum atomic E-state index is 9.51. The van der Waals surface area contributed by atoms with Gasteiger partial charge < -0.3 is 15.5 Å². The first-order valence-corrected chi connectivity index (χ1v) is 5.13. The van der Waals surface area contributed by atoms with Crippen LogP contribution in [0.15, 0.2) is 24.3 Å². The van der Waals surface area contributed by atoms with Crippen LogP contribution in [0.2, 0.25) is 0 Å². The lowest BCUT2D eigenvalue weighted by Crippen LogP contribution is -2.31. The Bertz CT molecular complexity index is 310. The third kappa shape index (κ3) is 3.90. The number of benzene rings is 1. The van der Waals surface area contributed by atoms with Gasteiger partial charge in [0.15, 0.2) is 0 Å². The van der Waals surface area contributed by atoms with Crippen molar-refractivity contribution in [3.63, 3.8) is 0 Å². The number of phenolic OH excluding ortho intramolecular Hbond substituents is 1. The van der Waals surface area contributed by atoms with Gasteiger partial charge in [0, 0.05) is 30.7 Å². The van der Waals surface area contributed by atoms with Gasteiger partial charge in [0.25, 0.3) is 0 Å². The van der Waals surface area contributed by atoms with Crippen LogP contribution in [0.4, 0.5) is 0 Å². The molecule has 15 heavy (non-hydrogen) atoms. The maximum absolute atomic E-state index is 9.51. The Hall–Kier alpha value is -1.06. The number of aromatic hydroxyl groups is 1. The molecular formula is C12H19NO2. The van der Waals surface area contributed by atoms with Crippen molar-refractivity contribution in [1.82, 2.24) is 5.32 Å². The highest BCUT2D eigenvalue weighted by molar-refractivity contribution is 5.31. The molecule has 84 valence electrons. The van der Waals surface area contributed by atoms with Gasteiger partial charge in [-0.15, -0.1) is 0 Å². The van der Waals surface area contributed by atoms with Crippen molar-refractivity contribution >= 4 is 0 Å². The van der Waals surface area contributed by atoms with E-state index in [1.165, 1.54) is 0 Å². The summed E-state index contributed by atoms with van der Waals surface area (Å²) in [6.07, 6.45) is 0. The minimum absolute atomic E-state index is 0.121. The van der Waals surface area contributed by atoms with E-state index in [1.54, 1.807) is 12.1 Å².